The fraction of sp³-hybridized carbons (Fsp3) is 0.125. The highest BCUT2D eigenvalue weighted by atomic mass is 16.3. The molecule has 1 aromatic heterocycles. The quantitative estimate of drug-likeness (QED) is 0.302. The Morgan fingerprint density at radius 3 is 2.51 bits per heavy atom. The van der Waals surface area contributed by atoms with E-state index in [1.807, 2.05) is 109 Å². The van der Waals surface area contributed by atoms with E-state index in [-0.39, 0.29) is 11.8 Å². The standard InChI is InChI=1S/C32H26N2O3/c1-21-6-4-10-26(16-21)32(36)34-15-14-29-27(20-34)19-30(37-29)24-9-5-11-28(18-24)33-31(35)25-13-12-22-7-2-3-8-23(22)17-25/h2-13,16-19H,14-15,20H2,1H3,(H,33,35). The van der Waals surface area contributed by atoms with Gasteiger partial charge in [0.15, 0.2) is 0 Å². The van der Waals surface area contributed by atoms with Gasteiger partial charge in [0.25, 0.3) is 11.8 Å². The molecule has 1 aliphatic heterocycles. The number of anilines is 1. The molecular formula is C32H26N2O3. The number of aryl methyl sites for hydroxylation is 1. The smallest absolute Gasteiger partial charge is 0.255 e. The van der Waals surface area contributed by atoms with Gasteiger partial charge in [0, 0.05) is 47.5 Å². The highest BCUT2D eigenvalue weighted by molar-refractivity contribution is 6.06. The molecule has 2 heterocycles. The highest BCUT2D eigenvalue weighted by Crippen LogP contribution is 2.31. The van der Waals surface area contributed by atoms with Crippen LogP contribution in [0.4, 0.5) is 5.69 Å². The van der Waals surface area contributed by atoms with E-state index in [4.69, 9.17) is 4.42 Å². The van der Waals surface area contributed by atoms with Crippen molar-refractivity contribution in [2.24, 2.45) is 0 Å². The van der Waals surface area contributed by atoms with E-state index >= 15 is 0 Å². The van der Waals surface area contributed by atoms with Crippen LogP contribution in [0.3, 0.4) is 0 Å². The van der Waals surface area contributed by atoms with Gasteiger partial charge in [-0.2, -0.15) is 0 Å². The minimum Gasteiger partial charge on any atom is -0.461 e. The van der Waals surface area contributed by atoms with E-state index in [9.17, 15) is 9.59 Å². The molecule has 1 N–H and O–H groups in total. The van der Waals surface area contributed by atoms with E-state index in [0.29, 0.717) is 36.3 Å². The lowest BCUT2D eigenvalue weighted by molar-refractivity contribution is 0.0729. The number of carbonyl (C=O) groups is 2. The summed E-state index contributed by atoms with van der Waals surface area (Å²) >= 11 is 0. The number of hydrogen-bond donors (Lipinski definition) is 1. The van der Waals surface area contributed by atoms with Crippen molar-refractivity contribution in [3.05, 3.63) is 125 Å². The van der Waals surface area contributed by atoms with Gasteiger partial charge in [0.1, 0.15) is 11.5 Å². The van der Waals surface area contributed by atoms with E-state index in [2.05, 4.69) is 5.32 Å². The lowest BCUT2D eigenvalue weighted by atomic mass is 10.0. The SMILES string of the molecule is Cc1cccc(C(=O)N2CCc3oc(-c4cccc(NC(=O)c5ccc6ccccc6c5)c4)cc3C2)c1. The van der Waals surface area contributed by atoms with Crippen LogP contribution in [0.5, 0.6) is 0 Å². The average molecular weight is 487 g/mol. The summed E-state index contributed by atoms with van der Waals surface area (Å²) in [5.41, 5.74) is 4.98. The Hall–Kier alpha value is -4.64. The minimum absolute atomic E-state index is 0.0375. The molecule has 0 atom stereocenters. The van der Waals surface area contributed by atoms with E-state index in [1.54, 1.807) is 0 Å². The van der Waals surface area contributed by atoms with Crippen LogP contribution >= 0.6 is 0 Å². The van der Waals surface area contributed by atoms with E-state index < -0.39 is 0 Å². The van der Waals surface area contributed by atoms with Gasteiger partial charge in [-0.25, -0.2) is 0 Å². The Kier molecular flexibility index (Phi) is 5.81. The summed E-state index contributed by atoms with van der Waals surface area (Å²) in [5, 5.41) is 5.13. The molecule has 182 valence electrons. The maximum Gasteiger partial charge on any atom is 0.255 e. The van der Waals surface area contributed by atoms with Crippen LogP contribution < -0.4 is 5.32 Å². The number of carbonyl (C=O) groups excluding carboxylic acids is 2. The number of benzene rings is 4. The predicted octanol–water partition coefficient (Wildman–Crippen LogP) is 6.86. The second-order valence-electron chi connectivity index (χ2n) is 9.50. The summed E-state index contributed by atoms with van der Waals surface area (Å²) in [6, 6.07) is 31.0. The minimum atomic E-state index is -0.160. The topological polar surface area (TPSA) is 62.6 Å². The fourth-order valence-electron chi connectivity index (χ4n) is 4.89. The summed E-state index contributed by atoms with van der Waals surface area (Å²) in [7, 11) is 0. The summed E-state index contributed by atoms with van der Waals surface area (Å²) < 4.78 is 6.19. The molecule has 0 fully saturated rings. The largest absolute Gasteiger partial charge is 0.461 e. The van der Waals surface area contributed by atoms with Crippen LogP contribution in [0.1, 0.15) is 37.6 Å². The van der Waals surface area contributed by atoms with Gasteiger partial charge >= 0.3 is 0 Å². The Balaban J connectivity index is 1.19. The number of nitrogens with zero attached hydrogens (tertiary/aromatic N) is 1. The molecule has 1 aliphatic rings. The first-order valence-corrected chi connectivity index (χ1v) is 12.4. The third-order valence-corrected chi connectivity index (χ3v) is 6.84. The molecule has 5 nitrogen and oxygen atoms in total. The Bertz CT molecular complexity index is 1650. The van der Waals surface area contributed by atoms with Gasteiger partial charge in [-0.1, -0.05) is 60.2 Å². The summed E-state index contributed by atoms with van der Waals surface area (Å²) in [6.07, 6.45) is 0.672. The van der Waals surface area contributed by atoms with Crippen molar-refractivity contribution in [3.8, 4) is 11.3 Å². The van der Waals surface area contributed by atoms with Crippen molar-refractivity contribution in [3.63, 3.8) is 0 Å². The lowest BCUT2D eigenvalue weighted by Gasteiger charge is -2.26. The molecule has 0 saturated heterocycles. The molecular weight excluding hydrogens is 460 g/mol. The first kappa shape index (κ1) is 22.8. The average Bonchev–Trinajstić information content (AvgIpc) is 3.36. The maximum absolute atomic E-state index is 13.0. The van der Waals surface area contributed by atoms with Gasteiger partial charge in [0.2, 0.25) is 0 Å². The number of nitrogens with one attached hydrogen (secondary N) is 1. The van der Waals surface area contributed by atoms with Crippen molar-refractivity contribution in [2.75, 3.05) is 11.9 Å². The molecule has 0 saturated carbocycles. The van der Waals surface area contributed by atoms with Crippen LogP contribution in [0.15, 0.2) is 101 Å². The zero-order valence-corrected chi connectivity index (χ0v) is 20.5. The first-order chi connectivity index (χ1) is 18.0. The molecule has 6 rings (SSSR count). The molecule has 2 amide bonds. The summed E-state index contributed by atoms with van der Waals surface area (Å²) in [6.45, 7) is 3.13. The number of rotatable bonds is 4. The molecule has 0 spiro atoms. The second kappa shape index (κ2) is 9.43. The second-order valence-corrected chi connectivity index (χ2v) is 9.50. The molecule has 0 radical (unpaired) electrons. The van der Waals surface area contributed by atoms with E-state index in [0.717, 1.165) is 39.0 Å². The van der Waals surface area contributed by atoms with Gasteiger partial charge in [-0.05, 0) is 60.2 Å². The number of amides is 2. The zero-order valence-electron chi connectivity index (χ0n) is 20.5. The van der Waals surface area contributed by atoms with Crippen molar-refractivity contribution in [1.29, 1.82) is 0 Å². The summed E-state index contributed by atoms with van der Waals surface area (Å²) in [4.78, 5) is 27.8. The molecule has 0 unspecified atom stereocenters. The van der Waals surface area contributed by atoms with Gasteiger partial charge in [-0.15, -0.1) is 0 Å². The zero-order chi connectivity index (χ0) is 25.4. The van der Waals surface area contributed by atoms with Crippen molar-refractivity contribution in [2.45, 2.75) is 19.9 Å². The number of hydrogen-bond acceptors (Lipinski definition) is 3. The molecule has 5 heteroatoms. The van der Waals surface area contributed by atoms with E-state index in [1.165, 1.54) is 0 Å². The molecule has 5 aromatic rings. The van der Waals surface area contributed by atoms with Gasteiger partial charge in [0.05, 0.1) is 0 Å². The molecule has 37 heavy (non-hydrogen) atoms. The Labute approximate surface area is 215 Å². The lowest BCUT2D eigenvalue weighted by Crippen LogP contribution is -2.35. The van der Waals surface area contributed by atoms with Crippen molar-refractivity contribution >= 4 is 28.3 Å². The number of fused-ring (bicyclic) bond motifs is 2. The van der Waals surface area contributed by atoms with Crippen LogP contribution in [-0.4, -0.2) is 23.3 Å². The monoisotopic (exact) mass is 486 g/mol. The van der Waals surface area contributed by atoms with Crippen LogP contribution in [-0.2, 0) is 13.0 Å². The van der Waals surface area contributed by atoms with Crippen LogP contribution in [0.25, 0.3) is 22.1 Å². The third kappa shape index (κ3) is 4.64. The predicted molar refractivity (Wildman–Crippen MR) is 146 cm³/mol. The molecule has 4 aromatic carbocycles. The van der Waals surface area contributed by atoms with Crippen LogP contribution in [0, 0.1) is 6.92 Å². The van der Waals surface area contributed by atoms with Crippen molar-refractivity contribution < 1.29 is 14.0 Å². The molecule has 0 aliphatic carbocycles. The van der Waals surface area contributed by atoms with Crippen molar-refractivity contribution in [1.82, 2.24) is 4.90 Å². The molecule has 0 bridgehead atoms. The fourth-order valence-corrected chi connectivity index (χ4v) is 4.89. The highest BCUT2D eigenvalue weighted by Gasteiger charge is 2.25. The normalized spacial score (nSPS) is 12.8. The maximum atomic E-state index is 13.0. The van der Waals surface area contributed by atoms with Gasteiger partial charge < -0.3 is 14.6 Å². The first-order valence-electron chi connectivity index (χ1n) is 12.4. The Morgan fingerprint density at radius 2 is 1.65 bits per heavy atom. The number of furan rings is 1. The third-order valence-electron chi connectivity index (χ3n) is 6.84. The Morgan fingerprint density at radius 1 is 0.811 bits per heavy atom. The van der Waals surface area contributed by atoms with Crippen LogP contribution in [0.2, 0.25) is 0 Å². The van der Waals surface area contributed by atoms with Gasteiger partial charge in [-0.3, -0.25) is 9.59 Å². The summed E-state index contributed by atoms with van der Waals surface area (Å²) in [5.74, 6) is 1.52.